The molecule has 0 radical (unpaired) electrons. The van der Waals surface area contributed by atoms with E-state index in [4.69, 9.17) is 5.11 Å². The van der Waals surface area contributed by atoms with Crippen LogP contribution in [0, 0.1) is 5.92 Å². The van der Waals surface area contributed by atoms with Crippen LogP contribution in [0.15, 0.2) is 0 Å². The van der Waals surface area contributed by atoms with Crippen LogP contribution >= 0.6 is 0 Å². The number of unbranched alkanes of at least 4 members (excludes halogenated alkanes) is 4. The summed E-state index contributed by atoms with van der Waals surface area (Å²) in [6.07, 6.45) is 5.80. The Morgan fingerprint density at radius 3 is 2.24 bits per heavy atom. The second-order valence-corrected chi connectivity index (χ2v) is 6.15. The third-order valence-electron chi connectivity index (χ3n) is 3.40. The van der Waals surface area contributed by atoms with Crippen molar-refractivity contribution in [1.29, 1.82) is 0 Å². The summed E-state index contributed by atoms with van der Waals surface area (Å²) < 4.78 is 0. The summed E-state index contributed by atoms with van der Waals surface area (Å²) >= 11 is 0. The zero-order valence-corrected chi connectivity index (χ0v) is 13.6. The summed E-state index contributed by atoms with van der Waals surface area (Å²) in [6.45, 7) is 5.97. The van der Waals surface area contributed by atoms with Gasteiger partial charge in [-0.05, 0) is 18.8 Å². The van der Waals surface area contributed by atoms with Crippen molar-refractivity contribution >= 4 is 11.9 Å². The highest BCUT2D eigenvalue weighted by atomic mass is 16.4. The predicted molar refractivity (Wildman–Crippen MR) is 83.0 cm³/mol. The Bertz CT molecular complexity index is 305. The fourth-order valence-corrected chi connectivity index (χ4v) is 2.25. The number of carboxylic acid groups (broad SMARTS) is 1. The predicted octanol–water partition coefficient (Wildman–Crippen LogP) is 2.71. The second-order valence-electron chi connectivity index (χ2n) is 6.15. The molecule has 0 aliphatic heterocycles. The number of aliphatic hydroxyl groups excluding tert-OH is 1. The zero-order valence-electron chi connectivity index (χ0n) is 13.6. The van der Waals surface area contributed by atoms with E-state index in [-0.39, 0.29) is 18.2 Å². The molecule has 0 heterocycles. The molecule has 0 spiro atoms. The lowest BCUT2D eigenvalue weighted by Gasteiger charge is -2.17. The molecule has 2 atom stereocenters. The largest absolute Gasteiger partial charge is 0.480 e. The SMILES string of the molecule is CCCCCCCC(O)CC(=O)N[C@@H](CC(C)C)C(=O)O. The molecule has 0 aromatic heterocycles. The first-order valence-corrected chi connectivity index (χ1v) is 8.07. The number of nitrogens with one attached hydrogen (secondary N) is 1. The topological polar surface area (TPSA) is 86.6 Å². The Balaban J connectivity index is 3.96. The molecule has 0 fully saturated rings. The van der Waals surface area contributed by atoms with Crippen molar-refractivity contribution in [2.24, 2.45) is 5.92 Å². The molecule has 5 heteroatoms. The van der Waals surface area contributed by atoms with Gasteiger partial charge in [0.1, 0.15) is 6.04 Å². The Hall–Kier alpha value is -1.10. The van der Waals surface area contributed by atoms with Crippen LogP contribution in [0.1, 0.15) is 72.1 Å². The molecule has 0 saturated carbocycles. The van der Waals surface area contributed by atoms with Gasteiger partial charge in [-0.15, -0.1) is 0 Å². The first-order valence-electron chi connectivity index (χ1n) is 8.07. The highest BCUT2D eigenvalue weighted by molar-refractivity contribution is 5.83. The summed E-state index contributed by atoms with van der Waals surface area (Å²) in [6, 6.07) is -0.866. The van der Waals surface area contributed by atoms with E-state index in [1.54, 1.807) is 0 Å². The molecule has 0 saturated heterocycles. The number of hydrogen-bond donors (Lipinski definition) is 3. The molecule has 1 amide bonds. The normalized spacial score (nSPS) is 14.0. The van der Waals surface area contributed by atoms with Crippen LogP contribution in [0.3, 0.4) is 0 Å². The van der Waals surface area contributed by atoms with Crippen LogP contribution in [0.25, 0.3) is 0 Å². The third kappa shape index (κ3) is 11.3. The van der Waals surface area contributed by atoms with Crippen molar-refractivity contribution in [3.63, 3.8) is 0 Å². The van der Waals surface area contributed by atoms with Gasteiger partial charge in [-0.1, -0.05) is 52.9 Å². The molecular weight excluding hydrogens is 270 g/mol. The van der Waals surface area contributed by atoms with Crippen molar-refractivity contribution < 1.29 is 19.8 Å². The van der Waals surface area contributed by atoms with E-state index in [1.165, 1.54) is 12.8 Å². The van der Waals surface area contributed by atoms with E-state index in [9.17, 15) is 14.7 Å². The van der Waals surface area contributed by atoms with Crippen LogP contribution in [0.4, 0.5) is 0 Å². The van der Waals surface area contributed by atoms with Crippen LogP contribution in [-0.4, -0.2) is 34.2 Å². The molecule has 0 aromatic carbocycles. The smallest absolute Gasteiger partial charge is 0.326 e. The van der Waals surface area contributed by atoms with Crippen molar-refractivity contribution in [2.75, 3.05) is 0 Å². The monoisotopic (exact) mass is 301 g/mol. The molecule has 0 aromatic rings. The minimum absolute atomic E-state index is 0.0182. The van der Waals surface area contributed by atoms with E-state index in [0.717, 1.165) is 19.3 Å². The quantitative estimate of drug-likeness (QED) is 0.484. The summed E-state index contributed by atoms with van der Waals surface area (Å²) in [4.78, 5) is 22.8. The third-order valence-corrected chi connectivity index (χ3v) is 3.40. The molecular formula is C16H31NO4. The lowest BCUT2D eigenvalue weighted by atomic mass is 10.0. The number of aliphatic hydroxyl groups is 1. The number of amides is 1. The highest BCUT2D eigenvalue weighted by Gasteiger charge is 2.22. The standard InChI is InChI=1S/C16H31NO4/c1-4-5-6-7-8-9-13(18)11-15(19)17-14(16(20)21)10-12(2)3/h12-14,18H,4-11H2,1-3H3,(H,17,19)(H,20,21)/t13?,14-/m0/s1. The van der Waals surface area contributed by atoms with Crippen LogP contribution in [-0.2, 0) is 9.59 Å². The minimum Gasteiger partial charge on any atom is -0.480 e. The van der Waals surface area contributed by atoms with Gasteiger partial charge in [0, 0.05) is 0 Å². The highest BCUT2D eigenvalue weighted by Crippen LogP contribution is 2.10. The molecule has 21 heavy (non-hydrogen) atoms. The summed E-state index contributed by atoms with van der Waals surface area (Å²) in [5.41, 5.74) is 0. The van der Waals surface area contributed by atoms with Crippen LogP contribution < -0.4 is 5.32 Å². The number of aliphatic carboxylic acids is 1. The van der Waals surface area contributed by atoms with Crippen LogP contribution in [0.2, 0.25) is 0 Å². The maximum absolute atomic E-state index is 11.8. The van der Waals surface area contributed by atoms with E-state index in [2.05, 4.69) is 12.2 Å². The molecule has 1 unspecified atom stereocenters. The molecule has 0 rings (SSSR count). The second kappa shape index (κ2) is 11.5. The number of rotatable bonds is 12. The fraction of sp³-hybridized carbons (Fsp3) is 0.875. The summed E-state index contributed by atoms with van der Waals surface area (Å²) in [7, 11) is 0. The molecule has 5 nitrogen and oxygen atoms in total. The first-order chi connectivity index (χ1) is 9.86. The number of hydrogen-bond acceptors (Lipinski definition) is 3. The molecule has 124 valence electrons. The Labute approximate surface area is 128 Å². The molecule has 0 aliphatic carbocycles. The lowest BCUT2D eigenvalue weighted by Crippen LogP contribution is -2.42. The van der Waals surface area contributed by atoms with Gasteiger partial charge in [-0.3, -0.25) is 4.79 Å². The van der Waals surface area contributed by atoms with Gasteiger partial charge >= 0.3 is 5.97 Å². The van der Waals surface area contributed by atoms with Crippen LogP contribution in [0.5, 0.6) is 0 Å². The summed E-state index contributed by atoms with van der Waals surface area (Å²) in [5.74, 6) is -1.22. The Morgan fingerprint density at radius 2 is 1.71 bits per heavy atom. The maximum atomic E-state index is 11.8. The number of carboxylic acids is 1. The Kier molecular flexibility index (Phi) is 10.9. The first kappa shape index (κ1) is 19.9. The average Bonchev–Trinajstić information content (AvgIpc) is 2.36. The van der Waals surface area contributed by atoms with Crippen molar-refractivity contribution in [2.45, 2.75) is 84.3 Å². The van der Waals surface area contributed by atoms with Crippen molar-refractivity contribution in [1.82, 2.24) is 5.32 Å². The molecule has 0 bridgehead atoms. The van der Waals surface area contributed by atoms with Gasteiger partial charge in [-0.25, -0.2) is 4.79 Å². The van der Waals surface area contributed by atoms with Gasteiger partial charge < -0.3 is 15.5 Å². The van der Waals surface area contributed by atoms with E-state index in [1.807, 2.05) is 13.8 Å². The van der Waals surface area contributed by atoms with E-state index in [0.29, 0.717) is 12.8 Å². The average molecular weight is 301 g/mol. The molecule has 0 aliphatic rings. The van der Waals surface area contributed by atoms with Gasteiger partial charge in [0.25, 0.3) is 0 Å². The van der Waals surface area contributed by atoms with Gasteiger partial charge in [0.15, 0.2) is 0 Å². The van der Waals surface area contributed by atoms with E-state index >= 15 is 0 Å². The summed E-state index contributed by atoms with van der Waals surface area (Å²) in [5, 5.41) is 21.3. The Morgan fingerprint density at radius 1 is 1.10 bits per heavy atom. The zero-order chi connectivity index (χ0) is 16.3. The van der Waals surface area contributed by atoms with Gasteiger partial charge in [0.2, 0.25) is 5.91 Å². The number of carbonyl (C=O) groups excluding carboxylic acids is 1. The van der Waals surface area contributed by atoms with Crippen molar-refractivity contribution in [3.8, 4) is 0 Å². The molecule has 3 N–H and O–H groups in total. The van der Waals surface area contributed by atoms with Crippen molar-refractivity contribution in [3.05, 3.63) is 0 Å². The minimum atomic E-state index is -1.02. The van der Waals surface area contributed by atoms with Gasteiger partial charge in [0.05, 0.1) is 12.5 Å². The fourth-order valence-electron chi connectivity index (χ4n) is 2.25. The van der Waals surface area contributed by atoms with E-state index < -0.39 is 18.1 Å². The maximum Gasteiger partial charge on any atom is 0.326 e. The number of carbonyl (C=O) groups is 2. The van der Waals surface area contributed by atoms with Gasteiger partial charge in [-0.2, -0.15) is 0 Å². The lowest BCUT2D eigenvalue weighted by molar-refractivity contribution is -0.142.